The van der Waals surface area contributed by atoms with Crippen molar-refractivity contribution in [3.63, 3.8) is 0 Å². The van der Waals surface area contributed by atoms with E-state index in [1.54, 1.807) is 0 Å². The quantitative estimate of drug-likeness (QED) is 0.234. The topological polar surface area (TPSA) is 20.2 Å². The van der Waals surface area contributed by atoms with Crippen LogP contribution in [0.15, 0.2) is 0 Å². The summed E-state index contributed by atoms with van der Waals surface area (Å²) in [5.74, 6) is -3.47. The second-order valence-electron chi connectivity index (χ2n) is 8.57. The van der Waals surface area contributed by atoms with Crippen LogP contribution < -0.4 is 0 Å². The third-order valence-electron chi connectivity index (χ3n) is 4.40. The van der Waals surface area contributed by atoms with E-state index in [1.807, 2.05) is 21.1 Å². The number of rotatable bonds is 11. The molecule has 0 heterocycles. The summed E-state index contributed by atoms with van der Waals surface area (Å²) in [7, 11) is 5.54. The molecule has 2 nitrogen and oxygen atoms in total. The fourth-order valence-electron chi connectivity index (χ4n) is 2.86. The monoisotopic (exact) mass is 484 g/mol. The first-order valence-electron chi connectivity index (χ1n) is 9.05. The maximum atomic E-state index is 13.8. The molecule has 0 rings (SSSR count). The lowest BCUT2D eigenvalue weighted by Gasteiger charge is -2.34. The van der Waals surface area contributed by atoms with Crippen LogP contribution in [0.2, 0.25) is 0 Å². The Morgan fingerprint density at radius 1 is 0.867 bits per heavy atom. The number of aliphatic hydroxyl groups is 1. The number of nitrogens with zero attached hydrogens (tertiary/aromatic N) is 1. The van der Waals surface area contributed by atoms with Gasteiger partial charge in [0.15, 0.2) is 0 Å². The molecule has 13 heteroatoms. The lowest BCUT2D eigenvalue weighted by molar-refractivity contribution is -0.873. The molecule has 0 fully saturated rings. The number of halogens is 10. The smallest absolute Gasteiger partial charge is 0.386 e. The van der Waals surface area contributed by atoms with Crippen LogP contribution in [0.3, 0.4) is 0 Å². The Hall–Kier alpha value is -0.430. The number of hydrogen-bond donors (Lipinski definition) is 1. The minimum Gasteiger partial charge on any atom is -0.386 e. The van der Waals surface area contributed by atoms with Gasteiger partial charge in [-0.2, -0.15) is 51.3 Å². The Morgan fingerprint density at radius 3 is 1.70 bits per heavy atom. The molecule has 3 atom stereocenters. The molecule has 0 aliphatic heterocycles. The summed E-state index contributed by atoms with van der Waals surface area (Å²) in [6, 6.07) is 0. The number of likely N-dealkylation sites (N-methyl/N-ethyl adjacent to an activating group) is 1. The zero-order chi connectivity index (χ0) is 24.2. The predicted octanol–water partition coefficient (Wildman–Crippen LogP) is 5.60. The first-order chi connectivity index (χ1) is 13.1. The highest BCUT2D eigenvalue weighted by Crippen LogP contribution is 2.52. The van der Waals surface area contributed by atoms with Gasteiger partial charge in [-0.15, -0.1) is 0 Å². The highest BCUT2D eigenvalue weighted by molar-refractivity contribution is 7.99. The number of quaternary nitrogens is 1. The lowest BCUT2D eigenvalue weighted by atomic mass is 9.84. The van der Waals surface area contributed by atoms with Gasteiger partial charge in [-0.3, -0.25) is 0 Å². The average Bonchev–Trinajstić information content (AvgIpc) is 2.45. The second kappa shape index (κ2) is 10.5. The standard InChI is InChI=1S/C17H28F10NOS/c1-11(5-6-30-10-13(29)9-28(2,3)4)7-12(15(19,20)21)8-14(18,16(22,23)24)17(25,26)27/h11-13,29H,5-10H2,1-4H3/q+1. The largest absolute Gasteiger partial charge is 0.431 e. The molecule has 0 saturated carbocycles. The molecule has 0 spiro atoms. The van der Waals surface area contributed by atoms with Crippen molar-refractivity contribution in [1.29, 1.82) is 0 Å². The summed E-state index contributed by atoms with van der Waals surface area (Å²) in [5, 5.41) is 9.84. The van der Waals surface area contributed by atoms with Gasteiger partial charge in [0.1, 0.15) is 12.6 Å². The van der Waals surface area contributed by atoms with Gasteiger partial charge in [0.25, 0.3) is 5.67 Å². The van der Waals surface area contributed by atoms with Crippen LogP contribution in [0.4, 0.5) is 43.9 Å². The summed E-state index contributed by atoms with van der Waals surface area (Å²) < 4.78 is 129. The Labute approximate surface area is 173 Å². The highest BCUT2D eigenvalue weighted by Gasteiger charge is 2.73. The molecule has 0 aromatic rings. The number of aliphatic hydroxyl groups excluding tert-OH is 1. The van der Waals surface area contributed by atoms with E-state index < -0.39 is 55.0 Å². The minimum absolute atomic E-state index is 0.0612. The number of thioether (sulfide) groups is 1. The molecule has 0 aliphatic carbocycles. The average molecular weight is 484 g/mol. The zero-order valence-corrected chi connectivity index (χ0v) is 17.9. The van der Waals surface area contributed by atoms with Crippen molar-refractivity contribution in [2.45, 2.75) is 56.5 Å². The maximum absolute atomic E-state index is 13.8. The molecule has 1 N–H and O–H groups in total. The highest BCUT2D eigenvalue weighted by atomic mass is 32.2. The molecule has 30 heavy (non-hydrogen) atoms. The van der Waals surface area contributed by atoms with E-state index in [0.29, 0.717) is 11.0 Å². The van der Waals surface area contributed by atoms with Crippen LogP contribution in [0.5, 0.6) is 0 Å². The summed E-state index contributed by atoms with van der Waals surface area (Å²) in [6.45, 7) is 1.68. The Kier molecular flexibility index (Phi) is 10.3. The number of hydrogen-bond acceptors (Lipinski definition) is 2. The van der Waals surface area contributed by atoms with E-state index in [4.69, 9.17) is 0 Å². The van der Waals surface area contributed by atoms with Gasteiger partial charge in [0.05, 0.1) is 27.1 Å². The molecule has 0 aromatic carbocycles. The van der Waals surface area contributed by atoms with Gasteiger partial charge in [0, 0.05) is 12.2 Å². The molecule has 3 unspecified atom stereocenters. The second-order valence-corrected chi connectivity index (χ2v) is 9.72. The third kappa shape index (κ3) is 9.80. The third-order valence-corrected chi connectivity index (χ3v) is 5.54. The van der Waals surface area contributed by atoms with Gasteiger partial charge in [-0.1, -0.05) is 6.92 Å². The molecule has 0 aliphatic rings. The van der Waals surface area contributed by atoms with Gasteiger partial charge in [-0.05, 0) is 24.5 Å². The molecule has 0 saturated heterocycles. The van der Waals surface area contributed by atoms with Gasteiger partial charge in [-0.25, -0.2) is 4.39 Å². The van der Waals surface area contributed by atoms with Crippen molar-refractivity contribution in [3.05, 3.63) is 0 Å². The van der Waals surface area contributed by atoms with E-state index in [0.717, 1.165) is 0 Å². The van der Waals surface area contributed by atoms with Crippen LogP contribution in [-0.2, 0) is 0 Å². The van der Waals surface area contributed by atoms with Crippen molar-refractivity contribution in [2.24, 2.45) is 11.8 Å². The van der Waals surface area contributed by atoms with E-state index in [-0.39, 0.29) is 17.9 Å². The Balaban J connectivity index is 4.97. The normalized spacial score (nSPS) is 17.7. The SMILES string of the molecule is CC(CCSCC(O)C[N+](C)(C)C)CC(CC(F)(C(F)(F)F)C(F)(F)F)C(F)(F)F. The Morgan fingerprint density at radius 2 is 1.33 bits per heavy atom. The molecular formula is C17H28F10NOS+. The molecule has 0 aromatic heterocycles. The van der Waals surface area contributed by atoms with Crippen LogP contribution >= 0.6 is 11.8 Å². The first-order valence-corrected chi connectivity index (χ1v) is 10.2. The maximum Gasteiger partial charge on any atom is 0.431 e. The summed E-state index contributed by atoms with van der Waals surface area (Å²) in [4.78, 5) is 0. The summed E-state index contributed by atoms with van der Waals surface area (Å²) in [6.07, 6.45) is -22.9. The van der Waals surface area contributed by atoms with E-state index in [9.17, 15) is 49.0 Å². The summed E-state index contributed by atoms with van der Waals surface area (Å²) >= 11 is 1.21. The summed E-state index contributed by atoms with van der Waals surface area (Å²) in [5.41, 5.74) is -5.94. The van der Waals surface area contributed by atoms with Crippen molar-refractivity contribution in [2.75, 3.05) is 39.2 Å². The van der Waals surface area contributed by atoms with Crippen molar-refractivity contribution in [1.82, 2.24) is 0 Å². The van der Waals surface area contributed by atoms with Gasteiger partial charge >= 0.3 is 18.5 Å². The van der Waals surface area contributed by atoms with Crippen molar-refractivity contribution < 1.29 is 53.5 Å². The van der Waals surface area contributed by atoms with Gasteiger partial charge in [0.2, 0.25) is 0 Å². The van der Waals surface area contributed by atoms with Crippen LogP contribution in [0, 0.1) is 11.8 Å². The van der Waals surface area contributed by atoms with Crippen molar-refractivity contribution >= 4 is 11.8 Å². The van der Waals surface area contributed by atoms with E-state index >= 15 is 0 Å². The lowest BCUT2D eigenvalue weighted by Crippen LogP contribution is -2.55. The van der Waals surface area contributed by atoms with Crippen LogP contribution in [0.25, 0.3) is 0 Å². The van der Waals surface area contributed by atoms with Crippen LogP contribution in [0.1, 0.15) is 26.2 Å². The zero-order valence-electron chi connectivity index (χ0n) is 17.1. The fourth-order valence-corrected chi connectivity index (χ4v) is 3.97. The number of alkyl halides is 10. The molecule has 182 valence electrons. The van der Waals surface area contributed by atoms with Crippen molar-refractivity contribution in [3.8, 4) is 0 Å². The first kappa shape index (κ1) is 29.6. The Bertz CT molecular complexity index is 499. The van der Waals surface area contributed by atoms with E-state index in [2.05, 4.69) is 0 Å². The predicted molar refractivity (Wildman–Crippen MR) is 94.7 cm³/mol. The molecular weight excluding hydrogens is 456 g/mol. The molecule has 0 amide bonds. The van der Waals surface area contributed by atoms with Crippen LogP contribution in [-0.4, -0.2) is 79.1 Å². The van der Waals surface area contributed by atoms with Gasteiger partial charge < -0.3 is 9.59 Å². The van der Waals surface area contributed by atoms with E-state index in [1.165, 1.54) is 18.7 Å². The fraction of sp³-hybridized carbons (Fsp3) is 1.00. The molecule has 0 bridgehead atoms. The molecule has 0 radical (unpaired) electrons. The minimum atomic E-state index is -6.52.